The molecule has 0 fully saturated rings. The molecule has 24 heavy (non-hydrogen) atoms. The Kier molecular flexibility index (Phi) is 2.66. The molecule has 0 amide bonds. The van der Waals surface area contributed by atoms with Crippen LogP contribution in [0.4, 0.5) is 0 Å². The van der Waals surface area contributed by atoms with Crippen LogP contribution in [0.5, 0.6) is 5.75 Å². The van der Waals surface area contributed by atoms with E-state index >= 15 is 0 Å². The van der Waals surface area contributed by atoms with Gasteiger partial charge >= 0.3 is 0 Å². The van der Waals surface area contributed by atoms with Crippen molar-refractivity contribution in [3.05, 3.63) is 83.9 Å². The number of ether oxygens (including phenoxy) is 1. The smallest absolute Gasteiger partial charge is 0.150 e. The first kappa shape index (κ1) is 13.4. The number of aromatic nitrogens is 1. The van der Waals surface area contributed by atoms with E-state index in [-0.39, 0.29) is 0 Å². The van der Waals surface area contributed by atoms with Crippen molar-refractivity contribution in [2.24, 2.45) is 0 Å². The van der Waals surface area contributed by atoms with E-state index in [1.807, 2.05) is 18.2 Å². The molecule has 0 spiro atoms. The summed E-state index contributed by atoms with van der Waals surface area (Å²) in [6.45, 7) is 2.11. The average Bonchev–Trinajstić information content (AvgIpc) is 3.01. The Morgan fingerprint density at radius 3 is 2.50 bits per heavy atom. The van der Waals surface area contributed by atoms with Crippen LogP contribution < -0.4 is 4.74 Å². The zero-order valence-corrected chi connectivity index (χ0v) is 13.4. The Morgan fingerprint density at radius 2 is 1.62 bits per heavy atom. The molecule has 1 N–H and O–H groups in total. The highest BCUT2D eigenvalue weighted by Crippen LogP contribution is 2.41. The van der Waals surface area contributed by atoms with Gasteiger partial charge in [0, 0.05) is 21.9 Å². The number of benzene rings is 3. The van der Waals surface area contributed by atoms with Crippen molar-refractivity contribution < 1.29 is 4.74 Å². The summed E-state index contributed by atoms with van der Waals surface area (Å²) in [7, 11) is 0. The topological polar surface area (TPSA) is 25.0 Å². The van der Waals surface area contributed by atoms with Crippen molar-refractivity contribution in [1.29, 1.82) is 0 Å². The van der Waals surface area contributed by atoms with Gasteiger partial charge in [-0.2, -0.15) is 0 Å². The second-order valence-electron chi connectivity index (χ2n) is 6.48. The fourth-order valence-electron chi connectivity index (χ4n) is 3.60. The molecule has 1 unspecified atom stereocenters. The lowest BCUT2D eigenvalue weighted by molar-refractivity contribution is 0.138. The van der Waals surface area contributed by atoms with Gasteiger partial charge < -0.3 is 9.72 Å². The fourth-order valence-corrected chi connectivity index (χ4v) is 3.60. The van der Waals surface area contributed by atoms with Crippen molar-refractivity contribution in [3.63, 3.8) is 0 Å². The second kappa shape index (κ2) is 4.75. The van der Waals surface area contributed by atoms with Gasteiger partial charge in [-0.05, 0) is 42.8 Å². The predicted octanol–water partition coefficient (Wildman–Crippen LogP) is 5.64. The summed E-state index contributed by atoms with van der Waals surface area (Å²) in [5.41, 5.74) is 4.14. The molecule has 2 heterocycles. The number of H-pyrrole nitrogens is 1. The quantitative estimate of drug-likeness (QED) is 0.483. The molecule has 116 valence electrons. The van der Waals surface area contributed by atoms with E-state index in [1.165, 1.54) is 10.8 Å². The van der Waals surface area contributed by atoms with Crippen LogP contribution >= 0.6 is 0 Å². The zero-order valence-electron chi connectivity index (χ0n) is 13.4. The summed E-state index contributed by atoms with van der Waals surface area (Å²) < 4.78 is 6.40. The van der Waals surface area contributed by atoms with Crippen LogP contribution in [0.1, 0.15) is 18.1 Å². The Labute approximate surface area is 140 Å². The Morgan fingerprint density at radius 1 is 0.833 bits per heavy atom. The first-order chi connectivity index (χ1) is 11.7. The first-order valence-corrected chi connectivity index (χ1v) is 8.22. The molecule has 3 aromatic carbocycles. The highest BCUT2D eigenvalue weighted by atomic mass is 16.5. The summed E-state index contributed by atoms with van der Waals surface area (Å²) in [5, 5.41) is 2.49. The summed E-state index contributed by atoms with van der Waals surface area (Å²) in [4.78, 5) is 3.54. The third kappa shape index (κ3) is 1.83. The number of hydrogen-bond acceptors (Lipinski definition) is 1. The van der Waals surface area contributed by atoms with Crippen molar-refractivity contribution in [2.75, 3.05) is 0 Å². The molecular formula is C22H17NO. The van der Waals surface area contributed by atoms with E-state index in [4.69, 9.17) is 4.74 Å². The van der Waals surface area contributed by atoms with E-state index in [2.05, 4.69) is 72.6 Å². The molecule has 0 bridgehead atoms. The maximum Gasteiger partial charge on any atom is 0.150 e. The number of rotatable bonds is 1. The summed E-state index contributed by atoms with van der Waals surface area (Å²) in [6, 6.07) is 23.0. The lowest BCUT2D eigenvalue weighted by Gasteiger charge is -2.32. The molecule has 2 nitrogen and oxygen atoms in total. The lowest BCUT2D eigenvalue weighted by Crippen LogP contribution is -2.29. The van der Waals surface area contributed by atoms with E-state index in [0.29, 0.717) is 0 Å². The van der Waals surface area contributed by atoms with E-state index < -0.39 is 5.60 Å². The number of nitrogens with one attached hydrogen (secondary N) is 1. The maximum absolute atomic E-state index is 6.40. The zero-order chi connectivity index (χ0) is 16.1. The van der Waals surface area contributed by atoms with Crippen molar-refractivity contribution in [2.45, 2.75) is 12.5 Å². The minimum Gasteiger partial charge on any atom is -0.478 e. The molecular weight excluding hydrogens is 294 g/mol. The molecule has 0 aliphatic carbocycles. The average molecular weight is 311 g/mol. The van der Waals surface area contributed by atoms with Crippen LogP contribution in [0.2, 0.25) is 0 Å². The predicted molar refractivity (Wildman–Crippen MR) is 99.3 cm³/mol. The van der Waals surface area contributed by atoms with Crippen molar-refractivity contribution >= 4 is 27.9 Å². The van der Waals surface area contributed by atoms with Crippen LogP contribution in [-0.4, -0.2) is 4.98 Å². The van der Waals surface area contributed by atoms with Crippen LogP contribution in [0.3, 0.4) is 0 Å². The largest absolute Gasteiger partial charge is 0.478 e. The third-order valence-electron chi connectivity index (χ3n) is 4.92. The molecule has 1 aliphatic heterocycles. The minimum absolute atomic E-state index is 0.437. The first-order valence-electron chi connectivity index (χ1n) is 8.22. The standard InChI is InChI=1S/C22H17NO/c1-22(15-7-3-2-4-8-15)14-13-18-20(24-22)12-11-17-16-9-5-6-10-19(16)23-21(17)18/h2-14,23H,1H3. The van der Waals surface area contributed by atoms with E-state index in [9.17, 15) is 0 Å². The lowest BCUT2D eigenvalue weighted by atomic mass is 9.91. The highest BCUT2D eigenvalue weighted by molar-refractivity contribution is 6.10. The third-order valence-corrected chi connectivity index (χ3v) is 4.92. The molecule has 1 atom stereocenters. The van der Waals surface area contributed by atoms with E-state index in [0.717, 1.165) is 27.9 Å². The molecule has 0 radical (unpaired) electrons. The SMILES string of the molecule is CC1(c2ccccc2)C=Cc2c(ccc3c2[nH]c2ccccc23)O1. The normalized spacial score (nSPS) is 19.4. The Balaban J connectivity index is 1.71. The van der Waals surface area contributed by atoms with Gasteiger partial charge in [0.15, 0.2) is 0 Å². The van der Waals surface area contributed by atoms with Crippen LogP contribution in [-0.2, 0) is 5.60 Å². The van der Waals surface area contributed by atoms with E-state index in [1.54, 1.807) is 0 Å². The summed E-state index contributed by atoms with van der Waals surface area (Å²) >= 11 is 0. The van der Waals surface area contributed by atoms with Crippen molar-refractivity contribution in [1.82, 2.24) is 4.98 Å². The molecule has 1 aliphatic rings. The van der Waals surface area contributed by atoms with Gasteiger partial charge in [0.05, 0.1) is 5.52 Å². The minimum atomic E-state index is -0.437. The summed E-state index contributed by atoms with van der Waals surface area (Å²) in [6.07, 6.45) is 4.33. The van der Waals surface area contributed by atoms with Crippen LogP contribution in [0.15, 0.2) is 72.8 Å². The molecule has 5 rings (SSSR count). The fraction of sp³-hybridized carbons (Fsp3) is 0.0909. The summed E-state index contributed by atoms with van der Waals surface area (Å²) in [5.74, 6) is 0.919. The molecule has 4 aromatic rings. The Bertz CT molecular complexity index is 1090. The van der Waals surface area contributed by atoms with Gasteiger partial charge in [0.1, 0.15) is 11.4 Å². The van der Waals surface area contributed by atoms with Gasteiger partial charge in [-0.3, -0.25) is 0 Å². The molecule has 0 saturated heterocycles. The van der Waals surface area contributed by atoms with Gasteiger partial charge in [-0.25, -0.2) is 0 Å². The number of para-hydroxylation sites is 1. The van der Waals surface area contributed by atoms with Gasteiger partial charge in [-0.1, -0.05) is 48.5 Å². The van der Waals surface area contributed by atoms with Gasteiger partial charge in [0.25, 0.3) is 0 Å². The Hall–Kier alpha value is -3.00. The second-order valence-corrected chi connectivity index (χ2v) is 6.48. The highest BCUT2D eigenvalue weighted by Gasteiger charge is 2.30. The molecule has 0 saturated carbocycles. The van der Waals surface area contributed by atoms with Gasteiger partial charge in [0.2, 0.25) is 0 Å². The molecule has 1 aromatic heterocycles. The monoisotopic (exact) mass is 311 g/mol. The number of hydrogen-bond donors (Lipinski definition) is 1. The maximum atomic E-state index is 6.40. The van der Waals surface area contributed by atoms with Crippen LogP contribution in [0, 0.1) is 0 Å². The number of fused-ring (bicyclic) bond motifs is 5. The van der Waals surface area contributed by atoms with Crippen molar-refractivity contribution in [3.8, 4) is 5.75 Å². The van der Waals surface area contributed by atoms with Crippen LogP contribution in [0.25, 0.3) is 27.9 Å². The number of aromatic amines is 1. The van der Waals surface area contributed by atoms with Gasteiger partial charge in [-0.15, -0.1) is 0 Å². The molecule has 2 heteroatoms.